The number of benzene rings is 1. The first kappa shape index (κ1) is 23.6. The summed E-state index contributed by atoms with van der Waals surface area (Å²) >= 11 is 0. The number of hydrogen-bond donors (Lipinski definition) is 2. The van der Waals surface area contributed by atoms with E-state index in [2.05, 4.69) is 5.32 Å². The zero-order valence-corrected chi connectivity index (χ0v) is 16.7. The van der Waals surface area contributed by atoms with E-state index in [1.54, 1.807) is 12.1 Å². The van der Waals surface area contributed by atoms with Gasteiger partial charge in [-0.25, -0.2) is 4.79 Å². The molecule has 2 N–H and O–H groups in total. The van der Waals surface area contributed by atoms with Crippen molar-refractivity contribution in [3.05, 3.63) is 35.9 Å². The molecular weight excluding hydrogens is 337 g/mol. The second-order valence-electron chi connectivity index (χ2n) is 5.92. The Labute approximate surface area is 169 Å². The van der Waals surface area contributed by atoms with E-state index in [1.807, 2.05) is 32.0 Å². The molecule has 0 aliphatic rings. The van der Waals surface area contributed by atoms with Crippen LogP contribution in [0.25, 0.3) is 0 Å². The molecule has 0 bridgehead atoms. The second kappa shape index (κ2) is 12.0. The van der Waals surface area contributed by atoms with E-state index in [-0.39, 0.29) is 42.1 Å². The van der Waals surface area contributed by atoms with Crippen molar-refractivity contribution in [1.29, 1.82) is 0 Å². The number of nitrogens with one attached hydrogen (secondary N) is 1. The maximum atomic E-state index is 11.9. The fourth-order valence-electron chi connectivity index (χ4n) is 2.15. The van der Waals surface area contributed by atoms with Crippen LogP contribution in [0.15, 0.2) is 30.3 Å². The smallest absolute Gasteiger partial charge is 0.542 e. The summed E-state index contributed by atoms with van der Waals surface area (Å²) in [5.74, 6) is -2.96. The number of ketones is 1. The third-order valence-corrected chi connectivity index (χ3v) is 3.33. The number of Topliss-reactive ketones (excluding diaryl/α,β-unsaturated/α-hetero) is 1. The van der Waals surface area contributed by atoms with Crippen LogP contribution in [0.2, 0.25) is 0 Å². The Kier molecular flexibility index (Phi) is 11.3. The molecule has 0 spiro atoms. The fraction of sp³-hybridized carbons (Fsp3) is 0.471. The Bertz CT molecular complexity index is 564. The Balaban J connectivity index is 0.00000576. The molecule has 1 aromatic carbocycles. The van der Waals surface area contributed by atoms with Gasteiger partial charge in [-0.15, -0.1) is 0 Å². The quantitative estimate of drug-likeness (QED) is 0.369. The van der Waals surface area contributed by atoms with Crippen LogP contribution in [0, 0.1) is 5.92 Å². The van der Waals surface area contributed by atoms with Crippen LogP contribution in [0.1, 0.15) is 32.3 Å². The van der Waals surface area contributed by atoms with Crippen molar-refractivity contribution in [3.8, 4) is 0 Å². The van der Waals surface area contributed by atoms with Crippen LogP contribution in [0.4, 0.5) is 4.79 Å². The second-order valence-corrected chi connectivity index (χ2v) is 5.92. The maximum Gasteiger partial charge on any atom is 1.00 e. The Morgan fingerprint density at radius 2 is 1.80 bits per heavy atom. The average molecular weight is 359 g/mol. The van der Waals surface area contributed by atoms with Gasteiger partial charge in [0, 0.05) is 6.42 Å². The van der Waals surface area contributed by atoms with E-state index in [0.717, 1.165) is 5.56 Å². The minimum Gasteiger partial charge on any atom is -0.542 e. The monoisotopic (exact) mass is 359 g/mol. The van der Waals surface area contributed by atoms with Gasteiger partial charge in [-0.2, -0.15) is 0 Å². The number of ether oxygens (including phenoxy) is 1. The molecule has 7 nitrogen and oxygen atoms in total. The van der Waals surface area contributed by atoms with Gasteiger partial charge in [0.1, 0.15) is 12.6 Å². The van der Waals surface area contributed by atoms with E-state index in [0.29, 0.717) is 6.42 Å². The van der Waals surface area contributed by atoms with E-state index < -0.39 is 36.4 Å². The van der Waals surface area contributed by atoms with Crippen LogP contribution in [0.5, 0.6) is 0 Å². The molecule has 0 aromatic heterocycles. The molecule has 0 aliphatic carbocycles. The van der Waals surface area contributed by atoms with Crippen LogP contribution in [-0.4, -0.2) is 35.1 Å². The minimum atomic E-state index is -1.86. The molecular formula is C17H22NNaO6. The number of aliphatic hydroxyl groups excluding tert-OH is 1. The van der Waals surface area contributed by atoms with Crippen molar-refractivity contribution in [2.75, 3.05) is 0 Å². The number of hydrogen-bond acceptors (Lipinski definition) is 6. The first-order chi connectivity index (χ1) is 11.3. The van der Waals surface area contributed by atoms with Crippen molar-refractivity contribution in [2.24, 2.45) is 5.92 Å². The summed E-state index contributed by atoms with van der Waals surface area (Å²) in [5.41, 5.74) is 0.806. The zero-order valence-electron chi connectivity index (χ0n) is 14.7. The van der Waals surface area contributed by atoms with Crippen molar-refractivity contribution >= 4 is 17.8 Å². The molecule has 0 aliphatic heterocycles. The molecule has 8 heteroatoms. The van der Waals surface area contributed by atoms with Crippen molar-refractivity contribution in [2.45, 2.75) is 45.4 Å². The summed E-state index contributed by atoms with van der Waals surface area (Å²) in [6.45, 7) is 3.81. The SMILES string of the molecule is CC(C)C[C@H](NC(=O)OCc1ccccc1)[C@H](O)CC(=O)C(=O)[O-].[Na+]. The van der Waals surface area contributed by atoms with Gasteiger partial charge in [0.2, 0.25) is 0 Å². The van der Waals surface area contributed by atoms with Gasteiger partial charge >= 0.3 is 35.7 Å². The van der Waals surface area contributed by atoms with Crippen LogP contribution in [0.3, 0.4) is 0 Å². The van der Waals surface area contributed by atoms with E-state index in [1.165, 1.54) is 0 Å². The van der Waals surface area contributed by atoms with Crippen LogP contribution in [-0.2, 0) is 20.9 Å². The number of carbonyl (C=O) groups excluding carboxylic acids is 3. The van der Waals surface area contributed by atoms with E-state index in [9.17, 15) is 24.6 Å². The topological polar surface area (TPSA) is 116 Å². The summed E-state index contributed by atoms with van der Waals surface area (Å²) in [6, 6.07) is 8.27. The number of carboxylic acids is 1. The molecule has 1 rings (SSSR count). The molecule has 132 valence electrons. The minimum absolute atomic E-state index is 0. The van der Waals surface area contributed by atoms with Crippen molar-refractivity contribution < 1.29 is 58.9 Å². The largest absolute Gasteiger partial charge is 1.00 e. The zero-order chi connectivity index (χ0) is 18.1. The summed E-state index contributed by atoms with van der Waals surface area (Å²) in [6.07, 6.45) is -2.34. The van der Waals surface area contributed by atoms with Gasteiger partial charge in [-0.3, -0.25) is 4.79 Å². The number of aliphatic carboxylic acids is 1. The first-order valence-electron chi connectivity index (χ1n) is 7.69. The van der Waals surface area contributed by atoms with E-state index in [4.69, 9.17) is 4.74 Å². The van der Waals surface area contributed by atoms with Crippen molar-refractivity contribution in [3.63, 3.8) is 0 Å². The average Bonchev–Trinajstić information content (AvgIpc) is 2.52. The molecule has 1 aromatic rings. The van der Waals surface area contributed by atoms with Crippen LogP contribution >= 0.6 is 0 Å². The van der Waals surface area contributed by atoms with Gasteiger partial charge in [-0.05, 0) is 17.9 Å². The predicted octanol–water partition coefficient (Wildman–Crippen LogP) is -2.60. The summed E-state index contributed by atoms with van der Waals surface area (Å²) in [7, 11) is 0. The fourth-order valence-corrected chi connectivity index (χ4v) is 2.15. The third-order valence-electron chi connectivity index (χ3n) is 3.33. The Morgan fingerprint density at radius 1 is 1.20 bits per heavy atom. The van der Waals surface area contributed by atoms with E-state index >= 15 is 0 Å². The molecule has 0 heterocycles. The molecule has 0 saturated heterocycles. The van der Waals surface area contributed by atoms with Gasteiger partial charge in [0.25, 0.3) is 0 Å². The van der Waals surface area contributed by atoms with Gasteiger partial charge in [0.05, 0.1) is 12.1 Å². The molecule has 0 fully saturated rings. The number of carbonyl (C=O) groups is 3. The summed E-state index contributed by atoms with van der Waals surface area (Å²) < 4.78 is 5.07. The van der Waals surface area contributed by atoms with Crippen molar-refractivity contribution in [1.82, 2.24) is 5.32 Å². The number of amides is 1. The van der Waals surface area contributed by atoms with Gasteiger partial charge in [-0.1, -0.05) is 44.2 Å². The number of carboxylic acid groups (broad SMARTS) is 1. The number of aliphatic hydroxyl groups is 1. The predicted molar refractivity (Wildman–Crippen MR) is 83.6 cm³/mol. The standard InChI is InChI=1S/C17H23NO6.Na/c1-11(2)8-13(14(19)9-15(20)16(21)22)18-17(23)24-10-12-6-4-3-5-7-12;/h3-7,11,13-14,19H,8-10H2,1-2H3,(H,18,23)(H,21,22);/q;+1/p-1/t13-,14+;/m0./s1. The van der Waals surface area contributed by atoms with Gasteiger partial charge < -0.3 is 25.1 Å². The molecule has 2 atom stereocenters. The third kappa shape index (κ3) is 9.60. The summed E-state index contributed by atoms with van der Waals surface area (Å²) in [4.78, 5) is 33.5. The first-order valence-corrected chi connectivity index (χ1v) is 7.69. The van der Waals surface area contributed by atoms with Gasteiger partial charge in [0.15, 0.2) is 5.78 Å². The summed E-state index contributed by atoms with van der Waals surface area (Å²) in [5, 5.41) is 23.0. The molecule has 0 unspecified atom stereocenters. The Morgan fingerprint density at radius 3 is 2.32 bits per heavy atom. The van der Waals surface area contributed by atoms with Crippen LogP contribution < -0.4 is 40.0 Å². The Hall–Kier alpha value is -1.41. The molecule has 25 heavy (non-hydrogen) atoms. The molecule has 1 amide bonds. The normalized spacial score (nSPS) is 12.6. The number of rotatable bonds is 9. The molecule has 0 radical (unpaired) electrons. The number of alkyl carbamates (subject to hydrolysis) is 1. The maximum absolute atomic E-state index is 11.9. The molecule has 0 saturated carbocycles.